The van der Waals surface area contributed by atoms with Crippen molar-refractivity contribution in [3.8, 4) is 0 Å². The van der Waals surface area contributed by atoms with Gasteiger partial charge in [0.1, 0.15) is 0 Å². The van der Waals surface area contributed by atoms with E-state index in [1.165, 1.54) is 11.1 Å². The third-order valence-electron chi connectivity index (χ3n) is 4.31. The SMILES string of the molecule is C=C1CCN(C(=O)CCC(=O)c2ccc(CC(C)C)cc2)CC1. The quantitative estimate of drug-likeness (QED) is 0.587. The molecule has 0 N–H and O–H groups in total. The molecule has 1 amide bonds. The standard InChI is InChI=1S/C20H27NO2/c1-15(2)14-17-4-6-18(7-5-17)19(22)8-9-20(23)21-12-10-16(3)11-13-21/h4-7,15H,3,8-14H2,1-2H3. The van der Waals surface area contributed by atoms with Gasteiger partial charge in [0.25, 0.3) is 0 Å². The van der Waals surface area contributed by atoms with Crippen LogP contribution >= 0.6 is 0 Å². The van der Waals surface area contributed by atoms with E-state index in [0.29, 0.717) is 24.3 Å². The number of nitrogens with zero attached hydrogens (tertiary/aromatic N) is 1. The maximum absolute atomic E-state index is 12.2. The van der Waals surface area contributed by atoms with E-state index in [-0.39, 0.29) is 11.7 Å². The molecule has 0 unspecified atom stereocenters. The van der Waals surface area contributed by atoms with E-state index >= 15 is 0 Å². The molecular formula is C20H27NO2. The first-order chi connectivity index (χ1) is 11.0. The Bertz CT molecular complexity index is 562. The summed E-state index contributed by atoms with van der Waals surface area (Å²) in [5.74, 6) is 0.743. The Morgan fingerprint density at radius 1 is 1.09 bits per heavy atom. The molecule has 0 aromatic heterocycles. The summed E-state index contributed by atoms with van der Waals surface area (Å²) in [4.78, 5) is 26.2. The molecule has 0 aliphatic carbocycles. The highest BCUT2D eigenvalue weighted by Crippen LogP contribution is 2.16. The van der Waals surface area contributed by atoms with Gasteiger partial charge in [0, 0.05) is 31.5 Å². The van der Waals surface area contributed by atoms with Gasteiger partial charge in [-0.15, -0.1) is 0 Å². The Kier molecular flexibility index (Phi) is 6.14. The molecule has 0 saturated carbocycles. The lowest BCUT2D eigenvalue weighted by atomic mass is 9.99. The number of carbonyl (C=O) groups is 2. The number of rotatable bonds is 6. The van der Waals surface area contributed by atoms with Crippen molar-refractivity contribution in [2.24, 2.45) is 5.92 Å². The summed E-state index contributed by atoms with van der Waals surface area (Å²) in [6.07, 6.45) is 3.39. The number of amides is 1. The number of ketones is 1. The van der Waals surface area contributed by atoms with Gasteiger partial charge in [-0.3, -0.25) is 9.59 Å². The zero-order valence-corrected chi connectivity index (χ0v) is 14.3. The van der Waals surface area contributed by atoms with E-state index in [1.807, 2.05) is 29.2 Å². The Morgan fingerprint density at radius 3 is 2.26 bits per heavy atom. The number of likely N-dealkylation sites (tertiary alicyclic amines) is 1. The van der Waals surface area contributed by atoms with Crippen LogP contribution in [0.25, 0.3) is 0 Å². The maximum atomic E-state index is 12.2. The van der Waals surface area contributed by atoms with Gasteiger partial charge in [0.2, 0.25) is 5.91 Å². The number of hydrogen-bond donors (Lipinski definition) is 0. The molecule has 0 spiro atoms. The molecule has 3 heteroatoms. The number of piperidine rings is 1. The Hall–Kier alpha value is -1.90. The highest BCUT2D eigenvalue weighted by atomic mass is 16.2. The molecule has 2 rings (SSSR count). The number of benzene rings is 1. The molecule has 0 radical (unpaired) electrons. The summed E-state index contributed by atoms with van der Waals surface area (Å²) < 4.78 is 0. The van der Waals surface area contributed by atoms with E-state index in [9.17, 15) is 9.59 Å². The summed E-state index contributed by atoms with van der Waals surface area (Å²) in [7, 11) is 0. The predicted molar refractivity (Wildman–Crippen MR) is 93.5 cm³/mol. The van der Waals surface area contributed by atoms with Gasteiger partial charge < -0.3 is 4.90 Å². The van der Waals surface area contributed by atoms with Crippen LogP contribution < -0.4 is 0 Å². The van der Waals surface area contributed by atoms with Crippen molar-refractivity contribution < 1.29 is 9.59 Å². The smallest absolute Gasteiger partial charge is 0.223 e. The first-order valence-corrected chi connectivity index (χ1v) is 8.52. The van der Waals surface area contributed by atoms with E-state index < -0.39 is 0 Å². The van der Waals surface area contributed by atoms with Crippen LogP contribution in [-0.2, 0) is 11.2 Å². The predicted octanol–water partition coefficient (Wildman–Crippen LogP) is 4.03. The molecule has 0 bridgehead atoms. The Labute approximate surface area is 139 Å². The van der Waals surface area contributed by atoms with Crippen LogP contribution in [0.5, 0.6) is 0 Å². The molecule has 1 aromatic carbocycles. The average Bonchev–Trinajstić information content (AvgIpc) is 2.53. The summed E-state index contributed by atoms with van der Waals surface area (Å²) in [6, 6.07) is 7.81. The van der Waals surface area contributed by atoms with Gasteiger partial charge in [-0.1, -0.05) is 50.3 Å². The molecule has 124 valence electrons. The normalized spacial score (nSPS) is 15.1. The molecule has 1 fully saturated rings. The van der Waals surface area contributed by atoms with Gasteiger partial charge in [0.15, 0.2) is 5.78 Å². The minimum atomic E-state index is 0.0517. The highest BCUT2D eigenvalue weighted by molar-refractivity contribution is 5.98. The van der Waals surface area contributed by atoms with Crippen molar-refractivity contribution in [1.82, 2.24) is 4.90 Å². The fraction of sp³-hybridized carbons (Fsp3) is 0.500. The molecule has 23 heavy (non-hydrogen) atoms. The maximum Gasteiger partial charge on any atom is 0.223 e. The van der Waals surface area contributed by atoms with Crippen molar-refractivity contribution in [2.75, 3.05) is 13.1 Å². The van der Waals surface area contributed by atoms with E-state index in [4.69, 9.17) is 0 Å². The minimum Gasteiger partial charge on any atom is -0.342 e. The van der Waals surface area contributed by atoms with Gasteiger partial charge in [0.05, 0.1) is 0 Å². The number of hydrogen-bond acceptors (Lipinski definition) is 2. The van der Waals surface area contributed by atoms with Crippen LogP contribution in [0.4, 0.5) is 0 Å². The fourth-order valence-electron chi connectivity index (χ4n) is 2.89. The van der Waals surface area contributed by atoms with Crippen molar-refractivity contribution in [3.63, 3.8) is 0 Å². The van der Waals surface area contributed by atoms with E-state index in [2.05, 4.69) is 20.4 Å². The van der Waals surface area contributed by atoms with Gasteiger partial charge >= 0.3 is 0 Å². The van der Waals surface area contributed by atoms with Gasteiger partial charge in [-0.05, 0) is 30.7 Å². The molecule has 1 saturated heterocycles. The lowest BCUT2D eigenvalue weighted by Gasteiger charge is -2.28. The Balaban J connectivity index is 1.82. The van der Waals surface area contributed by atoms with E-state index in [1.54, 1.807) is 0 Å². The van der Waals surface area contributed by atoms with Crippen molar-refractivity contribution in [2.45, 2.75) is 46.0 Å². The van der Waals surface area contributed by atoms with Gasteiger partial charge in [-0.2, -0.15) is 0 Å². The Morgan fingerprint density at radius 2 is 1.70 bits per heavy atom. The minimum absolute atomic E-state index is 0.0517. The van der Waals surface area contributed by atoms with Crippen molar-refractivity contribution >= 4 is 11.7 Å². The summed E-state index contributed by atoms with van der Waals surface area (Å²) in [6.45, 7) is 9.81. The molecule has 1 aromatic rings. The molecule has 1 aliphatic heterocycles. The number of Topliss-reactive ketones (excluding diaryl/α,β-unsaturated/α-hetero) is 1. The first kappa shape index (κ1) is 17.5. The lowest BCUT2D eigenvalue weighted by molar-refractivity contribution is -0.131. The first-order valence-electron chi connectivity index (χ1n) is 8.52. The van der Waals surface area contributed by atoms with E-state index in [0.717, 1.165) is 32.4 Å². The molecule has 1 heterocycles. The van der Waals surface area contributed by atoms with Crippen LogP contribution in [-0.4, -0.2) is 29.7 Å². The largest absolute Gasteiger partial charge is 0.342 e. The van der Waals surface area contributed by atoms with Crippen LogP contribution in [0.2, 0.25) is 0 Å². The van der Waals surface area contributed by atoms with Crippen LogP contribution in [0, 0.1) is 5.92 Å². The zero-order chi connectivity index (χ0) is 16.8. The van der Waals surface area contributed by atoms with Crippen molar-refractivity contribution in [3.05, 3.63) is 47.5 Å². The van der Waals surface area contributed by atoms with Crippen LogP contribution in [0.3, 0.4) is 0 Å². The molecular weight excluding hydrogens is 286 g/mol. The van der Waals surface area contributed by atoms with Gasteiger partial charge in [-0.25, -0.2) is 0 Å². The third-order valence-corrected chi connectivity index (χ3v) is 4.31. The van der Waals surface area contributed by atoms with Crippen LogP contribution in [0.15, 0.2) is 36.4 Å². The summed E-state index contributed by atoms with van der Waals surface area (Å²) in [5, 5.41) is 0. The fourth-order valence-corrected chi connectivity index (χ4v) is 2.89. The topological polar surface area (TPSA) is 37.4 Å². The molecule has 0 atom stereocenters. The van der Waals surface area contributed by atoms with Crippen LogP contribution in [0.1, 0.15) is 55.5 Å². The third kappa shape index (κ3) is 5.34. The second kappa shape index (κ2) is 8.09. The molecule has 3 nitrogen and oxygen atoms in total. The van der Waals surface area contributed by atoms with Crippen molar-refractivity contribution in [1.29, 1.82) is 0 Å². The second-order valence-corrected chi connectivity index (χ2v) is 6.85. The number of carbonyl (C=O) groups excluding carboxylic acids is 2. The lowest BCUT2D eigenvalue weighted by Crippen LogP contribution is -2.36. The second-order valence-electron chi connectivity index (χ2n) is 6.85. The average molecular weight is 313 g/mol. The molecule has 1 aliphatic rings. The summed E-state index contributed by atoms with van der Waals surface area (Å²) >= 11 is 0. The highest BCUT2D eigenvalue weighted by Gasteiger charge is 2.19. The monoisotopic (exact) mass is 313 g/mol. The summed E-state index contributed by atoms with van der Waals surface area (Å²) in [5.41, 5.74) is 3.17. The zero-order valence-electron chi connectivity index (χ0n) is 14.3.